The topological polar surface area (TPSA) is 54.4 Å². The molecule has 0 spiro atoms. The number of hydrazone groups is 1. The van der Waals surface area contributed by atoms with E-state index in [0.717, 1.165) is 10.5 Å². The Bertz CT molecular complexity index is 543. The van der Waals surface area contributed by atoms with Gasteiger partial charge >= 0.3 is 0 Å². The van der Waals surface area contributed by atoms with Crippen molar-refractivity contribution in [3.05, 3.63) is 60.4 Å². The summed E-state index contributed by atoms with van der Waals surface area (Å²) in [4.78, 5) is 16.5. The van der Waals surface area contributed by atoms with Gasteiger partial charge in [0.1, 0.15) is 0 Å². The van der Waals surface area contributed by atoms with Crippen LogP contribution >= 0.6 is 11.8 Å². The van der Waals surface area contributed by atoms with Gasteiger partial charge in [-0.3, -0.25) is 9.78 Å². The van der Waals surface area contributed by atoms with Crippen LogP contribution in [0.15, 0.2) is 64.9 Å². The molecule has 96 valence electrons. The van der Waals surface area contributed by atoms with Crippen LogP contribution in [0.5, 0.6) is 0 Å². The number of carbonyl (C=O) groups excluding carboxylic acids is 1. The molecule has 0 atom stereocenters. The lowest BCUT2D eigenvalue weighted by Crippen LogP contribution is -2.19. The van der Waals surface area contributed by atoms with E-state index >= 15 is 0 Å². The number of nitrogens with zero attached hydrogens (tertiary/aromatic N) is 2. The van der Waals surface area contributed by atoms with Crippen LogP contribution in [-0.4, -0.2) is 22.9 Å². The number of hydrogen-bond donors (Lipinski definition) is 1. The van der Waals surface area contributed by atoms with Crippen molar-refractivity contribution >= 4 is 23.9 Å². The first kappa shape index (κ1) is 13.3. The van der Waals surface area contributed by atoms with Gasteiger partial charge in [-0.1, -0.05) is 18.2 Å². The van der Waals surface area contributed by atoms with Gasteiger partial charge in [0.25, 0.3) is 0 Å². The Labute approximate surface area is 116 Å². The Kier molecular flexibility index (Phi) is 5.13. The van der Waals surface area contributed by atoms with Crippen molar-refractivity contribution in [2.75, 3.05) is 5.75 Å². The molecule has 2 rings (SSSR count). The lowest BCUT2D eigenvalue weighted by molar-refractivity contribution is -0.118. The van der Waals surface area contributed by atoms with E-state index in [1.807, 2.05) is 42.5 Å². The van der Waals surface area contributed by atoms with E-state index in [9.17, 15) is 4.79 Å². The van der Waals surface area contributed by atoms with Gasteiger partial charge in [-0.05, 0) is 29.8 Å². The minimum absolute atomic E-state index is 0.126. The molecule has 0 fully saturated rings. The molecule has 0 radical (unpaired) electrons. The Morgan fingerprint density at radius 2 is 1.95 bits per heavy atom. The first-order valence-electron chi connectivity index (χ1n) is 5.74. The van der Waals surface area contributed by atoms with E-state index < -0.39 is 0 Å². The van der Waals surface area contributed by atoms with Crippen LogP contribution in [0.2, 0.25) is 0 Å². The first-order valence-corrected chi connectivity index (χ1v) is 6.73. The molecule has 0 saturated heterocycles. The Morgan fingerprint density at radius 3 is 2.68 bits per heavy atom. The summed E-state index contributed by atoms with van der Waals surface area (Å²) >= 11 is 1.48. The van der Waals surface area contributed by atoms with Gasteiger partial charge in [0.05, 0.1) is 12.0 Å². The summed E-state index contributed by atoms with van der Waals surface area (Å²) in [5.41, 5.74) is 3.39. The van der Waals surface area contributed by atoms with E-state index in [0.29, 0.717) is 5.75 Å². The highest BCUT2D eigenvalue weighted by Gasteiger charge is 2.00. The number of nitrogens with one attached hydrogen (secondary N) is 1. The third-order valence-corrected chi connectivity index (χ3v) is 3.23. The average molecular weight is 271 g/mol. The van der Waals surface area contributed by atoms with Gasteiger partial charge in [-0.25, -0.2) is 5.43 Å². The van der Waals surface area contributed by atoms with Crippen molar-refractivity contribution in [2.24, 2.45) is 5.10 Å². The zero-order valence-corrected chi connectivity index (χ0v) is 11.0. The average Bonchev–Trinajstić information content (AvgIpc) is 2.47. The van der Waals surface area contributed by atoms with Crippen molar-refractivity contribution in [3.63, 3.8) is 0 Å². The third kappa shape index (κ3) is 4.93. The van der Waals surface area contributed by atoms with E-state index in [2.05, 4.69) is 15.5 Å². The van der Waals surface area contributed by atoms with E-state index in [-0.39, 0.29) is 5.91 Å². The smallest absolute Gasteiger partial charge is 0.250 e. The largest absolute Gasteiger partial charge is 0.272 e. The molecule has 1 N–H and O–H groups in total. The molecule has 1 heterocycles. The summed E-state index contributed by atoms with van der Waals surface area (Å²) in [6.07, 6.45) is 4.94. The molecular weight excluding hydrogens is 258 g/mol. The van der Waals surface area contributed by atoms with Crippen LogP contribution in [0.3, 0.4) is 0 Å². The lowest BCUT2D eigenvalue weighted by Gasteiger charge is -2.00. The molecule has 19 heavy (non-hydrogen) atoms. The minimum Gasteiger partial charge on any atom is -0.272 e. The van der Waals surface area contributed by atoms with Gasteiger partial charge in [0.15, 0.2) is 0 Å². The Morgan fingerprint density at radius 1 is 1.21 bits per heavy atom. The Balaban J connectivity index is 1.75. The molecule has 0 unspecified atom stereocenters. The predicted octanol–water partition coefficient (Wildman–Crippen LogP) is 2.32. The van der Waals surface area contributed by atoms with Crippen molar-refractivity contribution in [3.8, 4) is 0 Å². The van der Waals surface area contributed by atoms with Crippen molar-refractivity contribution in [1.29, 1.82) is 0 Å². The van der Waals surface area contributed by atoms with Crippen LogP contribution in [0, 0.1) is 0 Å². The first-order chi connectivity index (χ1) is 9.34. The van der Waals surface area contributed by atoms with Gasteiger partial charge < -0.3 is 0 Å². The predicted molar refractivity (Wildman–Crippen MR) is 77.1 cm³/mol. The molecule has 0 aliphatic heterocycles. The molecule has 0 aliphatic carbocycles. The van der Waals surface area contributed by atoms with Crippen LogP contribution in [0.1, 0.15) is 5.56 Å². The zero-order valence-electron chi connectivity index (χ0n) is 10.2. The molecule has 1 aromatic carbocycles. The van der Waals surface area contributed by atoms with Crippen LogP contribution in [0.4, 0.5) is 0 Å². The number of amides is 1. The molecule has 2 aromatic rings. The highest BCUT2D eigenvalue weighted by atomic mass is 32.2. The number of aromatic nitrogens is 1. The number of hydrogen-bond acceptors (Lipinski definition) is 4. The highest BCUT2D eigenvalue weighted by Crippen LogP contribution is 2.15. The van der Waals surface area contributed by atoms with Crippen molar-refractivity contribution in [2.45, 2.75) is 4.90 Å². The molecule has 4 nitrogen and oxygen atoms in total. The quantitative estimate of drug-likeness (QED) is 0.516. The fraction of sp³-hybridized carbons (Fsp3) is 0.0714. The molecule has 0 saturated carbocycles. The summed E-state index contributed by atoms with van der Waals surface area (Å²) in [6, 6.07) is 13.4. The summed E-state index contributed by atoms with van der Waals surface area (Å²) in [6.45, 7) is 0. The maximum Gasteiger partial charge on any atom is 0.250 e. The number of benzene rings is 1. The fourth-order valence-corrected chi connectivity index (χ4v) is 2.04. The number of thioether (sulfide) groups is 1. The van der Waals surface area contributed by atoms with E-state index in [1.54, 1.807) is 18.6 Å². The van der Waals surface area contributed by atoms with Crippen molar-refractivity contribution < 1.29 is 4.79 Å². The number of pyridine rings is 1. The number of rotatable bonds is 5. The maximum atomic E-state index is 11.5. The molecule has 0 bridgehead atoms. The lowest BCUT2D eigenvalue weighted by atomic mass is 10.3. The van der Waals surface area contributed by atoms with Gasteiger partial charge in [-0.2, -0.15) is 5.10 Å². The second-order valence-electron chi connectivity index (χ2n) is 3.68. The molecule has 1 aromatic heterocycles. The van der Waals surface area contributed by atoms with Crippen molar-refractivity contribution in [1.82, 2.24) is 10.4 Å². The van der Waals surface area contributed by atoms with Crippen LogP contribution in [-0.2, 0) is 4.79 Å². The molecule has 5 heteroatoms. The summed E-state index contributed by atoms with van der Waals surface area (Å²) < 4.78 is 0. The Hall–Kier alpha value is -2.14. The van der Waals surface area contributed by atoms with Crippen LogP contribution in [0.25, 0.3) is 0 Å². The highest BCUT2D eigenvalue weighted by molar-refractivity contribution is 8.00. The van der Waals surface area contributed by atoms with E-state index in [1.165, 1.54) is 11.8 Å². The summed E-state index contributed by atoms with van der Waals surface area (Å²) in [5.74, 6) is 0.219. The van der Waals surface area contributed by atoms with Crippen LogP contribution < -0.4 is 5.43 Å². The second-order valence-corrected chi connectivity index (χ2v) is 4.72. The van der Waals surface area contributed by atoms with Gasteiger partial charge in [-0.15, -0.1) is 11.8 Å². The minimum atomic E-state index is -0.126. The number of carbonyl (C=O) groups is 1. The maximum absolute atomic E-state index is 11.5. The third-order valence-electron chi connectivity index (χ3n) is 2.22. The molecule has 0 aliphatic rings. The SMILES string of the molecule is O=C(CSc1ccccc1)N/N=C\c1ccncc1. The fourth-order valence-electron chi connectivity index (χ4n) is 1.33. The summed E-state index contributed by atoms with van der Waals surface area (Å²) in [7, 11) is 0. The second kappa shape index (κ2) is 7.33. The monoisotopic (exact) mass is 271 g/mol. The molecular formula is C14H13N3OS. The summed E-state index contributed by atoms with van der Waals surface area (Å²) in [5, 5.41) is 3.89. The van der Waals surface area contributed by atoms with Gasteiger partial charge in [0, 0.05) is 17.3 Å². The normalized spacial score (nSPS) is 10.5. The van der Waals surface area contributed by atoms with E-state index in [4.69, 9.17) is 0 Å². The zero-order chi connectivity index (χ0) is 13.3. The van der Waals surface area contributed by atoms with Gasteiger partial charge in [0.2, 0.25) is 5.91 Å². The molecule has 1 amide bonds. The standard InChI is InChI=1S/C14H13N3OS/c18-14(11-19-13-4-2-1-3-5-13)17-16-10-12-6-8-15-9-7-12/h1-10H,11H2,(H,17,18)/b16-10-.